The second-order valence-corrected chi connectivity index (χ2v) is 10.4. The zero-order chi connectivity index (χ0) is 26.0. The van der Waals surface area contributed by atoms with E-state index in [0.29, 0.717) is 18.2 Å². The Labute approximate surface area is 216 Å². The third kappa shape index (κ3) is 7.89. The van der Waals surface area contributed by atoms with Gasteiger partial charge in [-0.25, -0.2) is 4.39 Å². The molecule has 0 bridgehead atoms. The highest BCUT2D eigenvalue weighted by Crippen LogP contribution is 2.53. The van der Waals surface area contributed by atoms with Crippen molar-refractivity contribution in [2.75, 3.05) is 27.5 Å². The lowest BCUT2D eigenvalue weighted by Gasteiger charge is -2.12. The van der Waals surface area contributed by atoms with Gasteiger partial charge in [-0.1, -0.05) is 11.6 Å². The van der Waals surface area contributed by atoms with Crippen LogP contribution in [0.2, 0.25) is 5.02 Å². The van der Waals surface area contributed by atoms with Crippen LogP contribution in [-0.4, -0.2) is 39.7 Å². The van der Waals surface area contributed by atoms with Crippen LogP contribution < -0.4 is 16.0 Å². The van der Waals surface area contributed by atoms with Crippen LogP contribution >= 0.6 is 46.6 Å². The van der Waals surface area contributed by atoms with E-state index in [9.17, 15) is 31.9 Å². The van der Waals surface area contributed by atoms with E-state index in [1.165, 1.54) is 30.3 Å². The average molecular weight is 573 g/mol. The van der Waals surface area contributed by atoms with Crippen molar-refractivity contribution in [1.29, 1.82) is 0 Å². The van der Waals surface area contributed by atoms with Gasteiger partial charge in [-0.05, 0) is 42.8 Å². The molecule has 3 rings (SSSR count). The van der Waals surface area contributed by atoms with Crippen molar-refractivity contribution >= 4 is 81.3 Å². The zero-order valence-corrected chi connectivity index (χ0v) is 20.5. The van der Waals surface area contributed by atoms with Gasteiger partial charge in [-0.3, -0.25) is 14.4 Å². The van der Waals surface area contributed by atoms with Gasteiger partial charge in [-0.2, -0.15) is 13.2 Å². The summed E-state index contributed by atoms with van der Waals surface area (Å²) in [5, 5.41) is 7.23. The Morgan fingerprint density at radius 1 is 1.03 bits per heavy atom. The molecule has 0 aromatic heterocycles. The Balaban J connectivity index is 1.61. The van der Waals surface area contributed by atoms with Crippen LogP contribution in [0.3, 0.4) is 0 Å². The normalized spacial score (nSPS) is 16.4. The molecular weight excluding hydrogens is 557 g/mol. The summed E-state index contributed by atoms with van der Waals surface area (Å²) in [7, 11) is 0. The number of hydrogen-bond donors (Lipinski definition) is 3. The predicted octanol–water partition coefficient (Wildman–Crippen LogP) is 6.10. The molecule has 1 aliphatic rings. The lowest BCUT2D eigenvalue weighted by atomic mass is 10.1. The summed E-state index contributed by atoms with van der Waals surface area (Å²) in [4.78, 5) is 36.5. The van der Waals surface area contributed by atoms with Crippen molar-refractivity contribution in [2.24, 2.45) is 5.92 Å². The van der Waals surface area contributed by atoms with Gasteiger partial charge in [0.05, 0.1) is 33.7 Å². The van der Waals surface area contributed by atoms with Crippen LogP contribution in [-0.2, 0) is 9.59 Å². The van der Waals surface area contributed by atoms with Crippen molar-refractivity contribution in [1.82, 2.24) is 0 Å². The van der Waals surface area contributed by atoms with E-state index in [0.717, 1.165) is 6.07 Å². The van der Waals surface area contributed by atoms with Gasteiger partial charge in [-0.15, -0.1) is 35.0 Å². The van der Waals surface area contributed by atoms with Crippen molar-refractivity contribution in [3.05, 3.63) is 52.8 Å². The fraction of sp³-hybridized carbons (Fsp3) is 0.286. The summed E-state index contributed by atoms with van der Waals surface area (Å²) >= 11 is 18.2. The van der Waals surface area contributed by atoms with Gasteiger partial charge in [0.25, 0.3) is 5.91 Å². The number of alkyl halides is 5. The highest BCUT2D eigenvalue weighted by molar-refractivity contribution is 8.00. The molecule has 1 aliphatic carbocycles. The summed E-state index contributed by atoms with van der Waals surface area (Å²) in [5.41, 5.74) is -0.0446. The van der Waals surface area contributed by atoms with Crippen LogP contribution in [0.4, 0.5) is 34.6 Å². The monoisotopic (exact) mass is 571 g/mol. The highest BCUT2D eigenvalue weighted by atomic mass is 35.5. The number of amides is 3. The summed E-state index contributed by atoms with van der Waals surface area (Å²) in [6.07, 6.45) is -4.10. The van der Waals surface area contributed by atoms with Gasteiger partial charge in [0.2, 0.25) is 11.8 Å². The van der Waals surface area contributed by atoms with Gasteiger partial charge in [0.1, 0.15) is 10.2 Å². The van der Waals surface area contributed by atoms with Crippen LogP contribution in [0.1, 0.15) is 16.8 Å². The molecular formula is C21H16Cl3F4N3O3S. The second kappa shape index (κ2) is 10.8. The van der Waals surface area contributed by atoms with E-state index in [1.54, 1.807) is 0 Å². The third-order valence-corrected chi connectivity index (χ3v) is 6.78. The van der Waals surface area contributed by atoms with Gasteiger partial charge >= 0.3 is 6.18 Å². The molecule has 0 radical (unpaired) electrons. The summed E-state index contributed by atoms with van der Waals surface area (Å²) in [6.45, 7) is 0. The number of halogens is 7. The van der Waals surface area contributed by atoms with Crippen molar-refractivity contribution in [3.8, 4) is 0 Å². The molecule has 1 fully saturated rings. The van der Waals surface area contributed by atoms with Crippen molar-refractivity contribution in [3.63, 3.8) is 0 Å². The van der Waals surface area contributed by atoms with Crippen LogP contribution in [0.5, 0.6) is 0 Å². The van der Waals surface area contributed by atoms with Gasteiger partial charge in [0.15, 0.2) is 0 Å². The van der Waals surface area contributed by atoms with Crippen LogP contribution in [0.25, 0.3) is 0 Å². The number of nitrogens with one attached hydrogen (secondary N) is 3. The standard InChI is InChI=1S/C21H16Cl3F4N3O3S/c22-14-3-1-10(30-19(34)13-7-20(13,23)24)5-12(14)18(33)31-16-4-2-11(6-15(16)25)29-17(32)8-35-9-21(26,27)28/h1-6,13H,7-9H2,(H,29,32)(H,30,34)(H,31,33). The number of hydrogen-bond acceptors (Lipinski definition) is 4. The van der Waals surface area contributed by atoms with Crippen LogP contribution in [0.15, 0.2) is 36.4 Å². The lowest BCUT2D eigenvalue weighted by Crippen LogP contribution is -2.19. The maximum Gasteiger partial charge on any atom is 0.397 e. The average Bonchev–Trinajstić information content (AvgIpc) is 3.38. The molecule has 6 nitrogen and oxygen atoms in total. The number of thioether (sulfide) groups is 1. The van der Waals surface area contributed by atoms with E-state index in [-0.39, 0.29) is 27.6 Å². The first-order valence-electron chi connectivity index (χ1n) is 9.78. The molecule has 0 spiro atoms. The van der Waals surface area contributed by atoms with Crippen LogP contribution in [0, 0.1) is 11.7 Å². The molecule has 2 aromatic carbocycles. The minimum atomic E-state index is -4.40. The first-order chi connectivity index (χ1) is 16.2. The first kappa shape index (κ1) is 27.4. The molecule has 0 aliphatic heterocycles. The molecule has 35 heavy (non-hydrogen) atoms. The summed E-state index contributed by atoms with van der Waals surface area (Å²) in [5.74, 6) is -5.10. The topological polar surface area (TPSA) is 87.3 Å². The molecule has 3 amide bonds. The Hall–Kier alpha value is -2.21. The largest absolute Gasteiger partial charge is 0.397 e. The Kier molecular flexibility index (Phi) is 8.46. The molecule has 14 heteroatoms. The second-order valence-electron chi connectivity index (χ2n) is 7.51. The minimum Gasteiger partial charge on any atom is -0.326 e. The molecule has 1 atom stereocenters. The fourth-order valence-corrected chi connectivity index (χ4v) is 4.15. The molecule has 0 heterocycles. The summed E-state index contributed by atoms with van der Waals surface area (Å²) < 4.78 is 49.8. The maximum absolute atomic E-state index is 14.5. The number of carbonyl (C=O) groups is 3. The SMILES string of the molecule is O=C(CSCC(F)(F)F)Nc1ccc(NC(=O)c2cc(NC(=O)C3CC3(Cl)Cl)ccc2Cl)c(F)c1. The van der Waals surface area contributed by atoms with E-state index < -0.39 is 51.5 Å². The number of rotatable bonds is 8. The number of benzene rings is 2. The van der Waals surface area contributed by atoms with E-state index in [2.05, 4.69) is 16.0 Å². The Morgan fingerprint density at radius 2 is 1.66 bits per heavy atom. The smallest absolute Gasteiger partial charge is 0.326 e. The highest BCUT2D eigenvalue weighted by Gasteiger charge is 2.56. The number of anilines is 3. The van der Waals surface area contributed by atoms with Crippen molar-refractivity contribution in [2.45, 2.75) is 16.9 Å². The zero-order valence-electron chi connectivity index (χ0n) is 17.4. The lowest BCUT2D eigenvalue weighted by molar-refractivity contribution is -0.117. The van der Waals surface area contributed by atoms with E-state index in [1.807, 2.05) is 0 Å². The third-order valence-electron chi connectivity index (χ3n) is 4.62. The molecule has 1 saturated carbocycles. The molecule has 0 saturated heterocycles. The van der Waals surface area contributed by atoms with E-state index in [4.69, 9.17) is 34.8 Å². The molecule has 1 unspecified atom stereocenters. The molecule has 3 N–H and O–H groups in total. The number of carbonyl (C=O) groups excluding carboxylic acids is 3. The Bertz CT molecular complexity index is 1160. The predicted molar refractivity (Wildman–Crippen MR) is 129 cm³/mol. The molecule has 2 aromatic rings. The maximum atomic E-state index is 14.5. The minimum absolute atomic E-state index is 0.00409. The van der Waals surface area contributed by atoms with Gasteiger partial charge in [0, 0.05) is 11.4 Å². The fourth-order valence-electron chi connectivity index (χ4n) is 2.84. The Morgan fingerprint density at radius 3 is 2.26 bits per heavy atom. The quantitative estimate of drug-likeness (QED) is 0.264. The van der Waals surface area contributed by atoms with E-state index >= 15 is 0 Å². The molecule has 188 valence electrons. The van der Waals surface area contributed by atoms with Crippen molar-refractivity contribution < 1.29 is 31.9 Å². The first-order valence-corrected chi connectivity index (χ1v) is 12.1. The van der Waals surface area contributed by atoms with Gasteiger partial charge < -0.3 is 16.0 Å². The summed E-state index contributed by atoms with van der Waals surface area (Å²) in [6, 6.07) is 7.48.